The maximum absolute atomic E-state index is 13.0. The van der Waals surface area contributed by atoms with Crippen molar-refractivity contribution in [2.75, 3.05) is 0 Å². The number of aromatic hydroxyl groups is 1. The number of aryl methyl sites for hydroxylation is 1. The highest BCUT2D eigenvalue weighted by Crippen LogP contribution is 2.32. The molecule has 1 N–H and O–H groups in total. The number of allylic oxidation sites excluding steroid dienone is 1. The van der Waals surface area contributed by atoms with Crippen molar-refractivity contribution in [1.82, 2.24) is 0 Å². The number of nitro benzene ring substituents is 1. The maximum Gasteiger partial charge on any atom is 0.351 e. The molecule has 1 aromatic heterocycles. The van der Waals surface area contributed by atoms with E-state index in [2.05, 4.69) is 0 Å². The number of halogens is 1. The van der Waals surface area contributed by atoms with Gasteiger partial charge in [0.1, 0.15) is 28.6 Å². The third kappa shape index (κ3) is 4.58. The van der Waals surface area contributed by atoms with Gasteiger partial charge in [-0.25, -0.2) is 9.18 Å². The number of benzene rings is 2. The van der Waals surface area contributed by atoms with Crippen molar-refractivity contribution < 1.29 is 28.4 Å². The van der Waals surface area contributed by atoms with Gasteiger partial charge in [0, 0.05) is 12.1 Å². The first-order chi connectivity index (χ1) is 14.2. The first-order valence-electron chi connectivity index (χ1n) is 8.52. The van der Waals surface area contributed by atoms with Crippen molar-refractivity contribution in [1.29, 1.82) is 0 Å². The molecule has 0 aliphatic heterocycles. The van der Waals surface area contributed by atoms with E-state index in [9.17, 15) is 29.2 Å². The molecule has 0 bridgehead atoms. The third-order valence-electron chi connectivity index (χ3n) is 3.95. The van der Waals surface area contributed by atoms with Crippen LogP contribution < -0.4 is 10.4 Å². The second kappa shape index (κ2) is 8.39. The molecule has 0 unspecified atom stereocenters. The molecule has 1 heterocycles. The fourth-order valence-electron chi connectivity index (χ4n) is 2.57. The van der Waals surface area contributed by atoms with Crippen molar-refractivity contribution in [2.45, 2.75) is 6.92 Å². The molecule has 9 heteroatoms. The predicted octanol–water partition coefficient (Wildman–Crippen LogP) is 4.39. The van der Waals surface area contributed by atoms with Gasteiger partial charge in [-0.05, 0) is 48.9 Å². The lowest BCUT2D eigenvalue weighted by molar-refractivity contribution is -0.385. The van der Waals surface area contributed by atoms with Gasteiger partial charge in [0.25, 0.3) is 0 Å². The lowest BCUT2D eigenvalue weighted by Gasteiger charge is -2.07. The molecule has 0 radical (unpaired) electrons. The maximum atomic E-state index is 13.0. The van der Waals surface area contributed by atoms with Crippen molar-refractivity contribution in [3.05, 3.63) is 97.8 Å². The number of hydrogen-bond donors (Lipinski definition) is 1. The minimum Gasteiger partial charge on any atom is -0.507 e. The summed E-state index contributed by atoms with van der Waals surface area (Å²) in [6.07, 6.45) is 2.23. The van der Waals surface area contributed by atoms with Gasteiger partial charge in [0.2, 0.25) is 5.75 Å². The van der Waals surface area contributed by atoms with E-state index < -0.39 is 33.5 Å². The molecule has 0 atom stereocenters. The van der Waals surface area contributed by atoms with Gasteiger partial charge in [-0.1, -0.05) is 12.1 Å². The topological polar surface area (TPSA) is 120 Å². The molecule has 8 nitrogen and oxygen atoms in total. The molecule has 3 aromatic rings. The minimum atomic E-state index is -0.990. The molecule has 0 aliphatic rings. The van der Waals surface area contributed by atoms with Crippen LogP contribution in [0.15, 0.2) is 63.8 Å². The summed E-state index contributed by atoms with van der Waals surface area (Å²) in [7, 11) is 0. The number of carbonyl (C=O) groups is 1. The Balaban J connectivity index is 1.87. The van der Waals surface area contributed by atoms with E-state index in [0.29, 0.717) is 0 Å². The van der Waals surface area contributed by atoms with Crippen LogP contribution in [-0.4, -0.2) is 15.8 Å². The quantitative estimate of drug-likeness (QED) is 0.276. The Labute approximate surface area is 168 Å². The van der Waals surface area contributed by atoms with Gasteiger partial charge in [0.15, 0.2) is 5.78 Å². The van der Waals surface area contributed by atoms with Gasteiger partial charge in [-0.3, -0.25) is 14.9 Å². The number of nitrogens with zero attached hydrogens (tertiary/aromatic N) is 1. The van der Waals surface area contributed by atoms with Crippen LogP contribution in [0.3, 0.4) is 0 Å². The molecule has 2 aromatic carbocycles. The smallest absolute Gasteiger partial charge is 0.351 e. The Morgan fingerprint density at radius 1 is 1.20 bits per heavy atom. The van der Waals surface area contributed by atoms with Gasteiger partial charge >= 0.3 is 11.3 Å². The van der Waals surface area contributed by atoms with Crippen LogP contribution in [0.4, 0.5) is 10.1 Å². The molecule has 0 spiro atoms. The second-order valence-corrected chi connectivity index (χ2v) is 6.14. The lowest BCUT2D eigenvalue weighted by atomic mass is 10.1. The first-order valence-corrected chi connectivity index (χ1v) is 8.52. The number of hydrogen-bond acceptors (Lipinski definition) is 7. The van der Waals surface area contributed by atoms with Crippen LogP contribution in [0.2, 0.25) is 0 Å². The number of ether oxygens (including phenoxy) is 1. The third-order valence-corrected chi connectivity index (χ3v) is 3.95. The summed E-state index contributed by atoms with van der Waals surface area (Å²) < 4.78 is 23.2. The van der Waals surface area contributed by atoms with Gasteiger partial charge in [0.05, 0.1) is 4.92 Å². The van der Waals surface area contributed by atoms with E-state index in [1.54, 1.807) is 0 Å². The largest absolute Gasteiger partial charge is 0.507 e. The van der Waals surface area contributed by atoms with E-state index in [0.717, 1.165) is 24.3 Å². The number of carbonyl (C=O) groups excluding carboxylic acids is 1. The van der Waals surface area contributed by atoms with Crippen LogP contribution in [-0.2, 0) is 0 Å². The van der Waals surface area contributed by atoms with Crippen LogP contribution in [0.5, 0.6) is 17.2 Å². The Morgan fingerprint density at radius 2 is 1.90 bits per heavy atom. The molecule has 152 valence electrons. The summed E-state index contributed by atoms with van der Waals surface area (Å²) in [5.41, 5.74) is -1.64. The van der Waals surface area contributed by atoms with E-state index in [1.807, 2.05) is 0 Å². The highest BCUT2D eigenvalue weighted by molar-refractivity contribution is 6.08. The zero-order valence-corrected chi connectivity index (χ0v) is 15.5. The van der Waals surface area contributed by atoms with Crippen LogP contribution in [0, 0.1) is 22.9 Å². The highest BCUT2D eigenvalue weighted by Gasteiger charge is 2.18. The summed E-state index contributed by atoms with van der Waals surface area (Å²) >= 11 is 0. The van der Waals surface area contributed by atoms with E-state index in [-0.39, 0.29) is 28.5 Å². The Morgan fingerprint density at radius 3 is 2.53 bits per heavy atom. The average Bonchev–Trinajstić information content (AvgIpc) is 2.68. The summed E-state index contributed by atoms with van der Waals surface area (Å²) in [6.45, 7) is 1.44. The van der Waals surface area contributed by atoms with Crippen LogP contribution in [0.1, 0.15) is 21.7 Å². The van der Waals surface area contributed by atoms with Gasteiger partial charge in [-0.15, -0.1) is 0 Å². The molecule has 0 aliphatic carbocycles. The van der Waals surface area contributed by atoms with Crippen molar-refractivity contribution in [3.8, 4) is 17.2 Å². The van der Waals surface area contributed by atoms with E-state index in [4.69, 9.17) is 9.15 Å². The molecule has 3 rings (SSSR count). The zero-order chi connectivity index (χ0) is 21.8. The fourth-order valence-corrected chi connectivity index (χ4v) is 2.57. The number of ketones is 1. The summed E-state index contributed by atoms with van der Waals surface area (Å²) in [4.78, 5) is 34.7. The summed E-state index contributed by atoms with van der Waals surface area (Å²) in [5.74, 6) is -1.55. The lowest BCUT2D eigenvalue weighted by Crippen LogP contribution is -2.12. The SMILES string of the molecule is Cc1cc(O)c(C(=O)/C=C/c2ccc(Oc3ccc(F)cc3)c([N+](=O)[O-])c2)c(=O)o1. The number of nitro groups is 1. The molecule has 0 saturated heterocycles. The van der Waals surface area contributed by atoms with Crippen LogP contribution in [0.25, 0.3) is 6.08 Å². The highest BCUT2D eigenvalue weighted by atomic mass is 19.1. The second-order valence-electron chi connectivity index (χ2n) is 6.14. The molecule has 0 fully saturated rings. The normalized spacial score (nSPS) is 10.9. The van der Waals surface area contributed by atoms with E-state index >= 15 is 0 Å². The molecular formula is C21H14FNO7. The fraction of sp³-hybridized carbons (Fsp3) is 0.0476. The summed E-state index contributed by atoms with van der Waals surface area (Å²) in [5, 5.41) is 21.2. The Bertz CT molecular complexity index is 1210. The van der Waals surface area contributed by atoms with Gasteiger partial charge < -0.3 is 14.3 Å². The van der Waals surface area contributed by atoms with Crippen LogP contribution >= 0.6 is 0 Å². The monoisotopic (exact) mass is 411 g/mol. The molecule has 30 heavy (non-hydrogen) atoms. The average molecular weight is 411 g/mol. The predicted molar refractivity (Wildman–Crippen MR) is 104 cm³/mol. The Hall–Kier alpha value is -4.27. The van der Waals surface area contributed by atoms with E-state index in [1.165, 1.54) is 43.3 Å². The minimum absolute atomic E-state index is 0.0769. The summed E-state index contributed by atoms with van der Waals surface area (Å²) in [6, 6.07) is 10.0. The molecular weight excluding hydrogens is 397 g/mol. The van der Waals surface area contributed by atoms with Gasteiger partial charge in [-0.2, -0.15) is 0 Å². The zero-order valence-electron chi connectivity index (χ0n) is 15.5. The van der Waals surface area contributed by atoms with Crippen molar-refractivity contribution >= 4 is 17.5 Å². The molecule has 0 amide bonds. The standard InChI is InChI=1S/C21H14FNO7/c1-12-10-18(25)20(21(26)29-12)17(24)8-2-13-3-9-19(16(11-13)23(27)28)30-15-6-4-14(22)5-7-15/h2-11,25H,1H3/b8-2+. The number of rotatable bonds is 6. The molecule has 0 saturated carbocycles. The first kappa shape index (κ1) is 20.5. The van der Waals surface area contributed by atoms with Crippen molar-refractivity contribution in [3.63, 3.8) is 0 Å². The van der Waals surface area contributed by atoms with Crippen molar-refractivity contribution in [2.24, 2.45) is 0 Å². The Kier molecular flexibility index (Phi) is 5.73.